The van der Waals surface area contributed by atoms with Gasteiger partial charge in [-0.2, -0.15) is 0 Å². The summed E-state index contributed by atoms with van der Waals surface area (Å²) in [6, 6.07) is -0.255. The molecule has 0 aromatic heterocycles. The number of rotatable bonds is 49. The Hall–Kier alpha value is -2.16. The molecule has 0 saturated carbocycles. The summed E-state index contributed by atoms with van der Waals surface area (Å²) in [6.45, 7) is 16.1. The van der Waals surface area contributed by atoms with Gasteiger partial charge in [0.1, 0.15) is 0 Å². The molecule has 3 amide bonds. The number of nitrogens with one attached hydrogen (secondary N) is 1. The molecule has 1 fully saturated rings. The van der Waals surface area contributed by atoms with Crippen molar-refractivity contribution >= 4 is 23.9 Å². The molecule has 1 saturated heterocycles. The number of nitrogens with zero attached hydrogens (tertiary/aromatic N) is 2. The average Bonchev–Trinajstić information content (AvgIpc) is 3.86. The number of amides is 3. The molecule has 0 aromatic rings. The zero-order valence-electron chi connectivity index (χ0n) is 45.8. The van der Waals surface area contributed by atoms with Crippen molar-refractivity contribution in [3.8, 4) is 0 Å². The molecule has 0 bridgehead atoms. The summed E-state index contributed by atoms with van der Waals surface area (Å²) in [4.78, 5) is 57.3. The van der Waals surface area contributed by atoms with E-state index in [-0.39, 0.29) is 41.6 Å². The van der Waals surface area contributed by atoms with E-state index in [9.17, 15) is 19.2 Å². The van der Waals surface area contributed by atoms with Crippen molar-refractivity contribution in [3.05, 3.63) is 0 Å². The van der Waals surface area contributed by atoms with Gasteiger partial charge in [-0.15, -0.1) is 0 Å². The fraction of sp³-hybridized carbons (Fsp3) is 0.932. The summed E-state index contributed by atoms with van der Waals surface area (Å²) >= 11 is 0. The minimum atomic E-state index is -0.255. The minimum absolute atomic E-state index is 0.0273. The zero-order chi connectivity index (χ0) is 49.6. The van der Waals surface area contributed by atoms with Gasteiger partial charge >= 0.3 is 18.0 Å². The van der Waals surface area contributed by atoms with E-state index < -0.39 is 0 Å². The lowest BCUT2D eigenvalue weighted by Crippen LogP contribution is -2.45. The highest BCUT2D eigenvalue weighted by atomic mass is 16.5. The number of carbonyl (C=O) groups is 4. The first-order valence-corrected chi connectivity index (χ1v) is 29.9. The first kappa shape index (κ1) is 63.9. The number of unbranched alkanes of at least 4 members (excludes halogenated alkanes) is 24. The van der Waals surface area contributed by atoms with Gasteiger partial charge in [-0.05, 0) is 103 Å². The van der Waals surface area contributed by atoms with E-state index in [1.165, 1.54) is 120 Å². The summed E-state index contributed by atoms with van der Waals surface area (Å²) in [5, 5.41) is 2.91. The van der Waals surface area contributed by atoms with Crippen molar-refractivity contribution in [3.63, 3.8) is 0 Å². The Labute approximate surface area is 421 Å². The number of esters is 2. The number of carbonyl (C=O) groups excluding carboxylic acids is 4. The predicted molar refractivity (Wildman–Crippen MR) is 287 cm³/mol. The van der Waals surface area contributed by atoms with Crippen molar-refractivity contribution < 1.29 is 28.7 Å². The van der Waals surface area contributed by atoms with Crippen LogP contribution >= 0.6 is 0 Å². The SMILES string of the molecule is CCCCCCCCC(CCCCCC)C(=O)OCCCCCCCC(CCCCCCCOC(=O)C(CCCCCC)CCCCCCCC)CC(=O)N(CCCN1CCCC1)C(=O)NCC. The second-order valence-corrected chi connectivity index (χ2v) is 21.0. The van der Waals surface area contributed by atoms with Crippen LogP contribution in [0.15, 0.2) is 0 Å². The van der Waals surface area contributed by atoms with Gasteiger partial charge in [0.05, 0.1) is 25.0 Å². The molecule has 0 radical (unpaired) electrons. The smallest absolute Gasteiger partial charge is 0.324 e. The number of hydrogen-bond acceptors (Lipinski definition) is 7. The zero-order valence-corrected chi connectivity index (χ0v) is 45.8. The monoisotopic (exact) mass is 960 g/mol. The third-order valence-corrected chi connectivity index (χ3v) is 14.7. The molecule has 0 spiro atoms. The van der Waals surface area contributed by atoms with Gasteiger partial charge < -0.3 is 19.7 Å². The van der Waals surface area contributed by atoms with E-state index in [0.29, 0.717) is 32.7 Å². The highest BCUT2D eigenvalue weighted by Crippen LogP contribution is 2.25. The molecule has 0 aliphatic carbocycles. The van der Waals surface area contributed by atoms with Gasteiger partial charge in [-0.3, -0.25) is 19.3 Å². The maximum absolute atomic E-state index is 13.9. The molecule has 2 unspecified atom stereocenters. The van der Waals surface area contributed by atoms with Crippen molar-refractivity contribution in [2.75, 3.05) is 45.9 Å². The summed E-state index contributed by atoms with van der Waals surface area (Å²) in [5.41, 5.74) is 0. The van der Waals surface area contributed by atoms with E-state index in [1.54, 1.807) is 0 Å². The average molecular weight is 961 g/mol. The Morgan fingerprint density at radius 1 is 0.456 bits per heavy atom. The van der Waals surface area contributed by atoms with Crippen LogP contribution in [0.2, 0.25) is 0 Å². The van der Waals surface area contributed by atoms with Crippen molar-refractivity contribution in [1.29, 1.82) is 0 Å². The number of hydrogen-bond donors (Lipinski definition) is 1. The van der Waals surface area contributed by atoms with Gasteiger partial charge in [-0.25, -0.2) is 4.79 Å². The Balaban J connectivity index is 2.64. The number of imide groups is 1. The second kappa shape index (κ2) is 47.2. The van der Waals surface area contributed by atoms with Crippen molar-refractivity contribution in [2.24, 2.45) is 17.8 Å². The summed E-state index contributed by atoms with van der Waals surface area (Å²) in [7, 11) is 0. The summed E-state index contributed by atoms with van der Waals surface area (Å²) < 4.78 is 11.7. The molecule has 9 heteroatoms. The van der Waals surface area contributed by atoms with Crippen LogP contribution in [-0.4, -0.2) is 79.6 Å². The van der Waals surface area contributed by atoms with Crippen molar-refractivity contribution in [1.82, 2.24) is 15.1 Å². The first-order valence-electron chi connectivity index (χ1n) is 29.9. The lowest BCUT2D eigenvalue weighted by atomic mass is 9.91. The molecule has 400 valence electrons. The second-order valence-electron chi connectivity index (χ2n) is 21.0. The Morgan fingerprint density at radius 3 is 1.21 bits per heavy atom. The van der Waals surface area contributed by atoms with Crippen molar-refractivity contribution in [2.45, 2.75) is 291 Å². The normalized spacial score (nSPS) is 14.2. The molecule has 1 N–H and O–H groups in total. The molecular weight excluding hydrogens is 847 g/mol. The van der Waals surface area contributed by atoms with E-state index >= 15 is 0 Å². The number of urea groups is 1. The third kappa shape index (κ3) is 35.9. The first-order chi connectivity index (χ1) is 33.3. The van der Waals surface area contributed by atoms with Gasteiger partial charge in [-0.1, -0.05) is 207 Å². The molecule has 1 rings (SSSR count). The van der Waals surface area contributed by atoms with E-state index in [0.717, 1.165) is 154 Å². The molecule has 1 aliphatic heterocycles. The van der Waals surface area contributed by atoms with Crippen LogP contribution in [0.3, 0.4) is 0 Å². The molecule has 9 nitrogen and oxygen atoms in total. The molecule has 68 heavy (non-hydrogen) atoms. The minimum Gasteiger partial charge on any atom is -0.465 e. The summed E-state index contributed by atoms with van der Waals surface area (Å²) in [6.07, 6.45) is 44.5. The molecule has 1 heterocycles. The Morgan fingerprint density at radius 2 is 0.809 bits per heavy atom. The highest BCUT2D eigenvalue weighted by Gasteiger charge is 2.25. The van der Waals surface area contributed by atoms with Gasteiger partial charge in [0, 0.05) is 19.5 Å². The van der Waals surface area contributed by atoms with Crippen LogP contribution < -0.4 is 5.32 Å². The lowest BCUT2D eigenvalue weighted by Gasteiger charge is -2.25. The Bertz CT molecular complexity index is 1120. The third-order valence-electron chi connectivity index (χ3n) is 14.7. The van der Waals surface area contributed by atoms with Gasteiger partial charge in [0.25, 0.3) is 0 Å². The number of likely N-dealkylation sites (tertiary alicyclic amines) is 1. The van der Waals surface area contributed by atoms with E-state index in [2.05, 4.69) is 37.9 Å². The fourth-order valence-electron chi connectivity index (χ4n) is 10.2. The predicted octanol–water partition coefficient (Wildman–Crippen LogP) is 16.5. The van der Waals surface area contributed by atoms with E-state index in [1.807, 2.05) is 6.92 Å². The molecule has 0 aromatic carbocycles. The lowest BCUT2D eigenvalue weighted by molar-refractivity contribution is -0.150. The fourth-order valence-corrected chi connectivity index (χ4v) is 10.2. The quantitative estimate of drug-likeness (QED) is 0.0478. The van der Waals surface area contributed by atoms with Gasteiger partial charge in [0.2, 0.25) is 5.91 Å². The summed E-state index contributed by atoms with van der Waals surface area (Å²) in [5.74, 6) is 0.379. The van der Waals surface area contributed by atoms with Crippen LogP contribution in [0.4, 0.5) is 4.79 Å². The topological polar surface area (TPSA) is 105 Å². The number of ether oxygens (including phenoxy) is 2. The van der Waals surface area contributed by atoms with E-state index in [4.69, 9.17) is 9.47 Å². The van der Waals surface area contributed by atoms with Gasteiger partial charge in [0.15, 0.2) is 0 Å². The van der Waals surface area contributed by atoms with Crippen LogP contribution in [0, 0.1) is 17.8 Å². The van der Waals surface area contributed by atoms with Crippen LogP contribution in [0.1, 0.15) is 291 Å². The molecular formula is C59H113N3O6. The highest BCUT2D eigenvalue weighted by molar-refractivity contribution is 5.94. The maximum Gasteiger partial charge on any atom is 0.324 e. The standard InChI is InChI=1S/C59H113N3O6/c1-6-11-15-19-25-33-44-54(42-31-17-13-8-3)57(64)67-50-37-27-21-23-29-40-53(52-56(63)62(59(66)60-10-5)49-39-48-61-46-35-36-47-61)41-30-24-22-28-38-51-68-58(65)55(43-32-18-14-9-4)45-34-26-20-16-12-7-2/h53-55H,6-52H2,1-5H3,(H,60,66). The van der Waals surface area contributed by atoms with Crippen LogP contribution in [0.25, 0.3) is 0 Å². The van der Waals surface area contributed by atoms with Crippen LogP contribution in [-0.2, 0) is 23.9 Å². The largest absolute Gasteiger partial charge is 0.465 e. The van der Waals surface area contributed by atoms with Crippen LogP contribution in [0.5, 0.6) is 0 Å². The Kier molecular flexibility index (Phi) is 44.3. The maximum atomic E-state index is 13.9. The molecule has 2 atom stereocenters. The molecule has 1 aliphatic rings.